The molecule has 144 valence electrons. The molecule has 0 spiro atoms. The van der Waals surface area contributed by atoms with Gasteiger partial charge in [-0.1, -0.05) is 12.1 Å². The Bertz CT molecular complexity index is 1000. The molecule has 8 heteroatoms. The molecule has 0 radical (unpaired) electrons. The lowest BCUT2D eigenvalue weighted by atomic mass is 10.1. The van der Waals surface area contributed by atoms with Gasteiger partial charge in [0.15, 0.2) is 11.4 Å². The molecule has 1 aliphatic rings. The average molecular weight is 381 g/mol. The first-order valence-corrected chi connectivity index (χ1v) is 9.09. The van der Waals surface area contributed by atoms with Crippen LogP contribution in [-0.2, 0) is 6.54 Å². The molecule has 1 saturated heterocycles. The minimum absolute atomic E-state index is 0.0677. The van der Waals surface area contributed by atoms with Crippen molar-refractivity contribution in [2.75, 3.05) is 31.1 Å². The predicted molar refractivity (Wildman–Crippen MR) is 104 cm³/mol. The Balaban J connectivity index is 1.66. The summed E-state index contributed by atoms with van der Waals surface area (Å²) in [7, 11) is 0. The van der Waals surface area contributed by atoms with E-state index >= 15 is 0 Å². The number of anilines is 1. The number of fused-ring (bicyclic) bond motifs is 1. The standard InChI is InChI=1S/C20H20FN5O2/c21-14-5-3-13(4-6-14)12-24-20(28)17-18(27)16-15(2-1-7-23-16)19(25-17)26-10-8-22-9-11-26/h1-7,22,27H,8-12H2,(H,24,28). The molecule has 7 nitrogen and oxygen atoms in total. The van der Waals surface area contributed by atoms with Crippen LogP contribution in [0, 0.1) is 5.82 Å². The summed E-state index contributed by atoms with van der Waals surface area (Å²) in [5, 5.41) is 17.3. The first-order chi connectivity index (χ1) is 13.6. The highest BCUT2D eigenvalue weighted by Crippen LogP contribution is 2.32. The summed E-state index contributed by atoms with van der Waals surface area (Å²) in [6.07, 6.45) is 1.57. The largest absolute Gasteiger partial charge is 0.504 e. The van der Waals surface area contributed by atoms with Crippen molar-refractivity contribution in [2.45, 2.75) is 6.54 Å². The van der Waals surface area contributed by atoms with Crippen LogP contribution < -0.4 is 15.5 Å². The normalized spacial score (nSPS) is 14.2. The monoisotopic (exact) mass is 381 g/mol. The van der Waals surface area contributed by atoms with Crippen LogP contribution in [0.5, 0.6) is 5.75 Å². The molecular weight excluding hydrogens is 361 g/mol. The number of halogens is 1. The maximum atomic E-state index is 13.0. The van der Waals surface area contributed by atoms with Crippen LogP contribution in [0.2, 0.25) is 0 Å². The fourth-order valence-electron chi connectivity index (χ4n) is 3.25. The number of aromatic nitrogens is 2. The van der Waals surface area contributed by atoms with Crippen LogP contribution in [-0.4, -0.2) is 47.2 Å². The highest BCUT2D eigenvalue weighted by Gasteiger charge is 2.23. The second-order valence-corrected chi connectivity index (χ2v) is 6.58. The van der Waals surface area contributed by atoms with Crippen molar-refractivity contribution in [1.82, 2.24) is 20.6 Å². The molecule has 1 aliphatic heterocycles. The van der Waals surface area contributed by atoms with Crippen LogP contribution in [0.3, 0.4) is 0 Å². The van der Waals surface area contributed by atoms with Gasteiger partial charge in [0.2, 0.25) is 0 Å². The van der Waals surface area contributed by atoms with Gasteiger partial charge in [-0.25, -0.2) is 9.37 Å². The molecule has 2 aromatic heterocycles. The van der Waals surface area contributed by atoms with Crippen molar-refractivity contribution in [3.8, 4) is 5.75 Å². The molecule has 0 atom stereocenters. The van der Waals surface area contributed by atoms with Gasteiger partial charge in [-0.3, -0.25) is 9.78 Å². The van der Waals surface area contributed by atoms with Gasteiger partial charge in [0, 0.05) is 44.3 Å². The lowest BCUT2D eigenvalue weighted by Gasteiger charge is -2.29. The number of carbonyl (C=O) groups excluding carboxylic acids is 1. The van der Waals surface area contributed by atoms with Gasteiger partial charge >= 0.3 is 0 Å². The first-order valence-electron chi connectivity index (χ1n) is 9.09. The van der Waals surface area contributed by atoms with E-state index in [9.17, 15) is 14.3 Å². The van der Waals surface area contributed by atoms with Gasteiger partial charge in [-0.2, -0.15) is 0 Å². The third-order valence-corrected chi connectivity index (χ3v) is 4.71. The number of carbonyl (C=O) groups is 1. The summed E-state index contributed by atoms with van der Waals surface area (Å²) in [4.78, 5) is 23.5. The van der Waals surface area contributed by atoms with Gasteiger partial charge in [0.05, 0.1) is 0 Å². The topological polar surface area (TPSA) is 90.4 Å². The number of piperazine rings is 1. The Morgan fingerprint density at radius 1 is 1.21 bits per heavy atom. The number of nitrogens with zero attached hydrogens (tertiary/aromatic N) is 3. The molecule has 0 bridgehead atoms. The van der Waals surface area contributed by atoms with E-state index < -0.39 is 5.91 Å². The van der Waals surface area contributed by atoms with E-state index in [0.717, 1.165) is 31.7 Å². The zero-order chi connectivity index (χ0) is 19.5. The van der Waals surface area contributed by atoms with E-state index in [0.29, 0.717) is 16.7 Å². The molecule has 0 unspecified atom stereocenters. The zero-order valence-electron chi connectivity index (χ0n) is 15.2. The molecular formula is C20H20FN5O2. The van der Waals surface area contributed by atoms with Gasteiger partial charge in [-0.15, -0.1) is 0 Å². The summed E-state index contributed by atoms with van der Waals surface area (Å²) in [5.74, 6) is -0.457. The van der Waals surface area contributed by atoms with Crippen LogP contribution in [0.15, 0.2) is 42.6 Å². The van der Waals surface area contributed by atoms with Crippen molar-refractivity contribution < 1.29 is 14.3 Å². The molecule has 3 aromatic rings. The van der Waals surface area contributed by atoms with E-state index in [1.807, 2.05) is 6.07 Å². The molecule has 3 heterocycles. The number of nitrogens with one attached hydrogen (secondary N) is 2. The Morgan fingerprint density at radius 2 is 1.96 bits per heavy atom. The van der Waals surface area contributed by atoms with Crippen molar-refractivity contribution in [2.24, 2.45) is 0 Å². The zero-order valence-corrected chi connectivity index (χ0v) is 15.2. The number of hydrogen-bond donors (Lipinski definition) is 3. The number of aromatic hydroxyl groups is 1. The van der Waals surface area contributed by atoms with Crippen LogP contribution in [0.4, 0.5) is 10.2 Å². The molecule has 3 N–H and O–H groups in total. The van der Waals surface area contributed by atoms with Crippen molar-refractivity contribution >= 4 is 22.6 Å². The number of pyridine rings is 2. The smallest absolute Gasteiger partial charge is 0.274 e. The number of rotatable bonds is 4. The van der Waals surface area contributed by atoms with E-state index in [4.69, 9.17) is 0 Å². The summed E-state index contributed by atoms with van der Waals surface area (Å²) in [6, 6.07) is 9.48. The van der Waals surface area contributed by atoms with Gasteiger partial charge < -0.3 is 20.6 Å². The highest BCUT2D eigenvalue weighted by molar-refractivity contribution is 6.03. The fourth-order valence-corrected chi connectivity index (χ4v) is 3.25. The quantitative estimate of drug-likeness (QED) is 0.639. The van der Waals surface area contributed by atoms with E-state index in [2.05, 4.69) is 25.5 Å². The Kier molecular flexibility index (Phi) is 5.03. The van der Waals surface area contributed by atoms with Crippen LogP contribution in [0.1, 0.15) is 16.1 Å². The first kappa shape index (κ1) is 18.1. The molecule has 4 rings (SSSR count). The molecule has 1 amide bonds. The van der Waals surface area contributed by atoms with Crippen molar-refractivity contribution in [3.05, 3.63) is 59.7 Å². The van der Waals surface area contributed by atoms with Crippen LogP contribution >= 0.6 is 0 Å². The van der Waals surface area contributed by atoms with E-state index in [1.54, 1.807) is 24.4 Å². The van der Waals surface area contributed by atoms with Gasteiger partial charge in [-0.05, 0) is 29.8 Å². The number of benzene rings is 1. The summed E-state index contributed by atoms with van der Waals surface area (Å²) < 4.78 is 13.0. The van der Waals surface area contributed by atoms with Crippen molar-refractivity contribution in [1.29, 1.82) is 0 Å². The molecule has 1 aromatic carbocycles. The lowest BCUT2D eigenvalue weighted by Crippen LogP contribution is -2.44. The molecule has 1 fully saturated rings. The minimum Gasteiger partial charge on any atom is -0.504 e. The molecule has 0 saturated carbocycles. The average Bonchev–Trinajstić information content (AvgIpc) is 2.74. The van der Waals surface area contributed by atoms with E-state index in [-0.39, 0.29) is 23.8 Å². The van der Waals surface area contributed by atoms with Gasteiger partial charge in [0.1, 0.15) is 17.2 Å². The fraction of sp³-hybridized carbons (Fsp3) is 0.250. The third-order valence-electron chi connectivity index (χ3n) is 4.71. The van der Waals surface area contributed by atoms with Crippen LogP contribution in [0.25, 0.3) is 10.9 Å². The molecule has 0 aliphatic carbocycles. The second-order valence-electron chi connectivity index (χ2n) is 6.58. The lowest BCUT2D eigenvalue weighted by molar-refractivity contribution is 0.0943. The SMILES string of the molecule is O=C(NCc1ccc(F)cc1)c1nc(N2CCNCC2)c2cccnc2c1O. The second kappa shape index (κ2) is 7.77. The Labute approximate surface area is 161 Å². The van der Waals surface area contributed by atoms with Crippen molar-refractivity contribution in [3.63, 3.8) is 0 Å². The maximum Gasteiger partial charge on any atom is 0.274 e. The minimum atomic E-state index is -0.509. The third kappa shape index (κ3) is 3.59. The maximum absolute atomic E-state index is 13.0. The Morgan fingerprint density at radius 3 is 2.71 bits per heavy atom. The molecule has 28 heavy (non-hydrogen) atoms. The van der Waals surface area contributed by atoms with Gasteiger partial charge in [0.25, 0.3) is 5.91 Å². The summed E-state index contributed by atoms with van der Waals surface area (Å²) >= 11 is 0. The van der Waals surface area contributed by atoms with E-state index in [1.165, 1.54) is 12.1 Å². The Hall–Kier alpha value is -3.26. The summed E-state index contributed by atoms with van der Waals surface area (Å²) in [5.41, 5.74) is 1.02. The number of hydrogen-bond acceptors (Lipinski definition) is 6. The predicted octanol–water partition coefficient (Wildman–Crippen LogP) is 1.81. The highest BCUT2D eigenvalue weighted by atomic mass is 19.1. The summed E-state index contributed by atoms with van der Waals surface area (Å²) in [6.45, 7) is 3.33. The number of amides is 1.